The molecular formula is C44H51N7O9. The van der Waals surface area contributed by atoms with Crippen LogP contribution in [0, 0.1) is 0 Å². The summed E-state index contributed by atoms with van der Waals surface area (Å²) in [6.45, 7) is 4.96. The number of alkyl carbamates (subject to hydrolysis) is 2. The van der Waals surface area contributed by atoms with Crippen LogP contribution in [0.25, 0.3) is 33.2 Å². The van der Waals surface area contributed by atoms with Gasteiger partial charge in [-0.3, -0.25) is 14.6 Å². The molecule has 1 aromatic heterocycles. The SMILES string of the molecule is COC(=O)N[C@H](C(=O)N1CCC[C@H]1C1=Nc2ccc3cc4c(cc3c2C1)OCc1cc(-c2cnc([C@@H]3CCCN3C(=O)[C@@H](NC(=O)OC)[C@@H](C)OC)[nH]2)ccc1-4)[C@@H](C)OC. The molecule has 5 heterocycles. The van der Waals surface area contributed by atoms with Crippen LogP contribution < -0.4 is 15.4 Å². The van der Waals surface area contributed by atoms with Crippen LogP contribution in [-0.4, -0.2) is 121 Å². The van der Waals surface area contributed by atoms with Crippen LogP contribution in [0.2, 0.25) is 0 Å². The van der Waals surface area contributed by atoms with E-state index >= 15 is 0 Å². The second kappa shape index (κ2) is 16.9. The number of amides is 4. The van der Waals surface area contributed by atoms with Gasteiger partial charge in [-0.1, -0.05) is 18.2 Å². The number of likely N-dealkylation sites (tertiary alicyclic amines) is 2. The Morgan fingerprint density at radius 2 is 1.47 bits per heavy atom. The van der Waals surface area contributed by atoms with Crippen LogP contribution in [0.4, 0.5) is 15.3 Å². The molecule has 8 rings (SSSR count). The van der Waals surface area contributed by atoms with E-state index in [-0.39, 0.29) is 23.9 Å². The molecule has 2 fully saturated rings. The van der Waals surface area contributed by atoms with Crippen molar-refractivity contribution in [2.24, 2.45) is 4.99 Å². The Morgan fingerprint density at radius 3 is 2.12 bits per heavy atom. The molecule has 4 amide bonds. The smallest absolute Gasteiger partial charge is 0.407 e. The van der Waals surface area contributed by atoms with Gasteiger partial charge in [0.2, 0.25) is 11.8 Å². The number of H-pyrrole nitrogens is 1. The molecule has 0 unspecified atom stereocenters. The zero-order valence-corrected chi connectivity index (χ0v) is 34.7. The summed E-state index contributed by atoms with van der Waals surface area (Å²) in [7, 11) is 5.54. The normalized spacial score (nSPS) is 19.9. The van der Waals surface area contributed by atoms with Crippen LogP contribution in [-0.2, 0) is 41.6 Å². The van der Waals surface area contributed by atoms with Crippen molar-refractivity contribution < 1.29 is 42.9 Å². The number of benzene rings is 3. The van der Waals surface area contributed by atoms with E-state index in [1.807, 2.05) is 11.0 Å². The lowest BCUT2D eigenvalue weighted by atomic mass is 9.91. The van der Waals surface area contributed by atoms with Crippen molar-refractivity contribution in [3.05, 3.63) is 65.6 Å². The minimum atomic E-state index is -0.909. The number of aromatic amines is 1. The molecule has 0 aliphatic carbocycles. The quantitative estimate of drug-likeness (QED) is 0.172. The van der Waals surface area contributed by atoms with E-state index in [0.29, 0.717) is 31.9 Å². The summed E-state index contributed by atoms with van der Waals surface area (Å²) in [5.41, 5.74) is 7.81. The fourth-order valence-corrected chi connectivity index (χ4v) is 9.00. The Hall–Kier alpha value is -6.00. The van der Waals surface area contributed by atoms with Gasteiger partial charge in [-0.2, -0.15) is 0 Å². The Labute approximate surface area is 347 Å². The Morgan fingerprint density at radius 1 is 0.817 bits per heavy atom. The van der Waals surface area contributed by atoms with Crippen LogP contribution >= 0.6 is 0 Å². The fourth-order valence-electron chi connectivity index (χ4n) is 9.00. The molecule has 6 atom stereocenters. The van der Waals surface area contributed by atoms with E-state index in [0.717, 1.165) is 87.1 Å². The van der Waals surface area contributed by atoms with Crippen LogP contribution in [0.1, 0.15) is 62.5 Å². The number of imidazole rings is 1. The first-order valence-electron chi connectivity index (χ1n) is 20.4. The van der Waals surface area contributed by atoms with Crippen LogP contribution in [0.15, 0.2) is 53.7 Å². The highest BCUT2D eigenvalue weighted by Crippen LogP contribution is 2.45. The second-order valence-corrected chi connectivity index (χ2v) is 15.7. The molecule has 4 aliphatic heterocycles. The third-order valence-electron chi connectivity index (χ3n) is 12.4. The van der Waals surface area contributed by atoms with E-state index in [9.17, 15) is 19.2 Å². The molecule has 2 saturated heterocycles. The van der Waals surface area contributed by atoms with Gasteiger partial charge in [-0.15, -0.1) is 0 Å². The van der Waals surface area contributed by atoms with Gasteiger partial charge in [-0.25, -0.2) is 14.6 Å². The first-order valence-corrected chi connectivity index (χ1v) is 20.4. The highest BCUT2D eigenvalue weighted by molar-refractivity contribution is 6.06. The summed E-state index contributed by atoms with van der Waals surface area (Å²) in [4.78, 5) is 68.6. The number of hydrogen-bond donors (Lipinski definition) is 3. The van der Waals surface area contributed by atoms with Gasteiger partial charge in [0.05, 0.1) is 56.1 Å². The molecule has 0 saturated carbocycles. The van der Waals surface area contributed by atoms with Gasteiger partial charge < -0.3 is 49.1 Å². The van der Waals surface area contributed by atoms with Crippen molar-refractivity contribution in [3.63, 3.8) is 0 Å². The minimum absolute atomic E-state index is 0.196. The lowest BCUT2D eigenvalue weighted by Gasteiger charge is -2.31. The average Bonchev–Trinajstić information content (AvgIpc) is 4.12. The number of ether oxygens (including phenoxy) is 5. The number of fused-ring (bicyclic) bond motifs is 6. The average molecular weight is 822 g/mol. The van der Waals surface area contributed by atoms with Gasteiger partial charge >= 0.3 is 12.2 Å². The molecule has 0 spiro atoms. The predicted molar refractivity (Wildman–Crippen MR) is 222 cm³/mol. The summed E-state index contributed by atoms with van der Waals surface area (Å²) >= 11 is 0. The predicted octanol–water partition coefficient (Wildman–Crippen LogP) is 5.59. The molecule has 0 radical (unpaired) electrons. The standard InChI is InChI=1S/C44H51N7O9/c1-23(56-3)38(48-43(54)58-5)41(52)50-15-7-9-35(50)33-19-30-29-20-37-31(18-25(29)12-14-32(30)46-33)28-13-11-26(17-27(28)22-60-37)34-21-45-40(47-34)36-10-8-16-51(36)42(53)39(24(2)57-4)49-44(55)59-6/h11-14,17-18,20-21,23-24,35-36,38-39H,7-10,15-16,19,22H2,1-6H3,(H,45,47)(H,48,54)(H,49,55)/t23-,24-,35+,36+,38+,39+/m1/s1. The molecular weight excluding hydrogens is 771 g/mol. The number of nitrogens with one attached hydrogen (secondary N) is 3. The van der Waals surface area contributed by atoms with E-state index in [1.165, 1.54) is 28.4 Å². The van der Waals surface area contributed by atoms with Gasteiger partial charge in [0.25, 0.3) is 0 Å². The first kappa shape index (κ1) is 40.8. The van der Waals surface area contributed by atoms with Crippen molar-refractivity contribution in [2.75, 3.05) is 41.5 Å². The zero-order valence-electron chi connectivity index (χ0n) is 34.7. The monoisotopic (exact) mass is 821 g/mol. The Bertz CT molecular complexity index is 2360. The lowest BCUT2D eigenvalue weighted by Crippen LogP contribution is -2.56. The van der Waals surface area contributed by atoms with E-state index in [2.05, 4.69) is 52.0 Å². The molecule has 0 bridgehead atoms. The number of aromatic nitrogens is 2. The third kappa shape index (κ3) is 7.53. The summed E-state index contributed by atoms with van der Waals surface area (Å²) in [6.07, 6.45) is 3.03. The molecule has 4 aliphatic rings. The summed E-state index contributed by atoms with van der Waals surface area (Å²) in [5, 5.41) is 7.42. The van der Waals surface area contributed by atoms with Gasteiger partial charge in [-0.05, 0) is 96.8 Å². The minimum Gasteiger partial charge on any atom is -0.488 e. The van der Waals surface area contributed by atoms with Gasteiger partial charge in [0, 0.05) is 45.0 Å². The third-order valence-corrected chi connectivity index (χ3v) is 12.4. The molecule has 16 nitrogen and oxygen atoms in total. The Balaban J connectivity index is 0.997. The van der Waals surface area contributed by atoms with Crippen molar-refractivity contribution in [3.8, 4) is 28.1 Å². The Kier molecular flexibility index (Phi) is 11.5. The number of methoxy groups -OCH3 is 4. The van der Waals surface area contributed by atoms with Crippen molar-refractivity contribution in [2.45, 2.75) is 88.9 Å². The summed E-state index contributed by atoms with van der Waals surface area (Å²) in [5.74, 6) is 0.999. The number of carbonyl (C=O) groups excluding carboxylic acids is 4. The highest BCUT2D eigenvalue weighted by Gasteiger charge is 2.41. The number of nitrogens with zero attached hydrogens (tertiary/aromatic N) is 4. The number of hydrogen-bond acceptors (Lipinski definition) is 11. The maximum absolute atomic E-state index is 13.9. The molecule has 316 valence electrons. The molecule has 3 aromatic carbocycles. The lowest BCUT2D eigenvalue weighted by molar-refractivity contribution is -0.138. The number of rotatable bonds is 11. The molecule has 3 N–H and O–H groups in total. The van der Waals surface area contributed by atoms with Crippen molar-refractivity contribution in [1.29, 1.82) is 0 Å². The van der Waals surface area contributed by atoms with Crippen molar-refractivity contribution >= 4 is 46.2 Å². The molecule has 4 aromatic rings. The van der Waals surface area contributed by atoms with Crippen LogP contribution in [0.5, 0.6) is 5.75 Å². The van der Waals surface area contributed by atoms with Gasteiger partial charge in [0.1, 0.15) is 30.3 Å². The van der Waals surface area contributed by atoms with E-state index in [1.54, 1.807) is 24.9 Å². The first-order chi connectivity index (χ1) is 29.0. The van der Waals surface area contributed by atoms with Gasteiger partial charge in [0.15, 0.2) is 0 Å². The second-order valence-electron chi connectivity index (χ2n) is 15.7. The summed E-state index contributed by atoms with van der Waals surface area (Å²) in [6, 6.07) is 12.4. The molecule has 60 heavy (non-hydrogen) atoms. The fraction of sp³-hybridized carbons (Fsp3) is 0.455. The zero-order chi connectivity index (χ0) is 42.2. The highest BCUT2D eigenvalue weighted by atomic mass is 16.5. The van der Waals surface area contributed by atoms with Crippen LogP contribution in [0.3, 0.4) is 0 Å². The maximum Gasteiger partial charge on any atom is 0.407 e. The summed E-state index contributed by atoms with van der Waals surface area (Å²) < 4.78 is 26.9. The molecule has 16 heteroatoms. The van der Waals surface area contributed by atoms with E-state index < -0.39 is 36.5 Å². The number of aliphatic imine (C=N–C) groups is 1. The topological polar surface area (TPSA) is 186 Å². The van der Waals surface area contributed by atoms with Crippen molar-refractivity contribution in [1.82, 2.24) is 30.4 Å². The maximum atomic E-state index is 13.9. The largest absolute Gasteiger partial charge is 0.488 e. The number of carbonyl (C=O) groups is 4. The van der Waals surface area contributed by atoms with E-state index in [4.69, 9.17) is 33.7 Å².